The molecule has 4 rings (SSSR count). The van der Waals surface area contributed by atoms with E-state index >= 15 is 0 Å². The second kappa shape index (κ2) is 11.0. The lowest BCUT2D eigenvalue weighted by Gasteiger charge is -2.27. The third kappa shape index (κ3) is 4.72. The van der Waals surface area contributed by atoms with Gasteiger partial charge in [-0.05, 0) is 80.8 Å². The molecule has 3 aromatic rings. The summed E-state index contributed by atoms with van der Waals surface area (Å²) in [4.78, 5) is 30.9. The summed E-state index contributed by atoms with van der Waals surface area (Å²) in [5.74, 6) is -1.16. The van der Waals surface area contributed by atoms with Crippen LogP contribution in [0, 0.1) is 13.8 Å². The number of amides is 1. The van der Waals surface area contributed by atoms with E-state index < -0.39 is 17.7 Å². The molecular formula is C31H34N2O5. The van der Waals surface area contributed by atoms with Crippen molar-refractivity contribution in [1.82, 2.24) is 0 Å². The van der Waals surface area contributed by atoms with Crippen molar-refractivity contribution < 1.29 is 24.2 Å². The lowest BCUT2D eigenvalue weighted by Crippen LogP contribution is -2.29. The fourth-order valence-electron chi connectivity index (χ4n) is 5.18. The van der Waals surface area contributed by atoms with Crippen LogP contribution in [0.2, 0.25) is 0 Å². The van der Waals surface area contributed by atoms with E-state index in [0.717, 1.165) is 29.9 Å². The Morgan fingerprint density at radius 2 is 1.45 bits per heavy atom. The van der Waals surface area contributed by atoms with E-state index in [2.05, 4.69) is 18.7 Å². The number of Topliss-reactive ketones (excluding diaryl/α,β-unsaturated/α-hetero) is 1. The minimum atomic E-state index is -0.850. The normalized spacial score (nSPS) is 16.6. The Morgan fingerprint density at radius 1 is 0.895 bits per heavy atom. The number of nitrogens with zero attached hydrogens (tertiary/aromatic N) is 2. The first kappa shape index (κ1) is 26.8. The molecule has 7 heteroatoms. The van der Waals surface area contributed by atoms with Gasteiger partial charge in [0.05, 0.1) is 25.8 Å². The summed E-state index contributed by atoms with van der Waals surface area (Å²) >= 11 is 0. The SMILES string of the molecule is CCN(CC)c1ccc(C2/C(=C(\O)c3c(OC)cccc3OC)C(=O)C(=O)N2c2cc(C)cc(C)c2)cc1. The summed E-state index contributed by atoms with van der Waals surface area (Å²) in [7, 11) is 2.95. The number of hydrogen-bond donors (Lipinski definition) is 1. The summed E-state index contributed by atoms with van der Waals surface area (Å²) in [5, 5.41) is 11.7. The van der Waals surface area contributed by atoms with Gasteiger partial charge in [0, 0.05) is 24.5 Å². The number of anilines is 2. The highest BCUT2D eigenvalue weighted by Gasteiger charge is 2.47. The molecule has 7 nitrogen and oxygen atoms in total. The number of rotatable bonds is 8. The van der Waals surface area contributed by atoms with Crippen molar-refractivity contribution in [3.05, 3.63) is 88.5 Å². The number of aliphatic hydroxyl groups is 1. The number of carbonyl (C=O) groups is 2. The highest BCUT2D eigenvalue weighted by molar-refractivity contribution is 6.51. The Labute approximate surface area is 223 Å². The van der Waals surface area contributed by atoms with Gasteiger partial charge < -0.3 is 19.5 Å². The molecule has 1 heterocycles. The molecule has 0 radical (unpaired) electrons. The van der Waals surface area contributed by atoms with Crippen molar-refractivity contribution in [2.24, 2.45) is 0 Å². The minimum Gasteiger partial charge on any atom is -0.506 e. The van der Waals surface area contributed by atoms with Gasteiger partial charge in [-0.3, -0.25) is 14.5 Å². The molecule has 1 saturated heterocycles. The number of aliphatic hydroxyl groups excluding tert-OH is 1. The molecule has 198 valence electrons. The second-order valence-corrected chi connectivity index (χ2v) is 9.32. The van der Waals surface area contributed by atoms with Gasteiger partial charge >= 0.3 is 0 Å². The third-order valence-corrected chi connectivity index (χ3v) is 6.93. The molecule has 3 aromatic carbocycles. The van der Waals surface area contributed by atoms with Crippen LogP contribution in [0.15, 0.2) is 66.2 Å². The van der Waals surface area contributed by atoms with E-state index in [1.165, 1.54) is 19.1 Å². The fraction of sp³-hybridized carbons (Fsp3) is 0.290. The first-order valence-corrected chi connectivity index (χ1v) is 12.7. The van der Waals surface area contributed by atoms with Gasteiger partial charge in [0.1, 0.15) is 22.8 Å². The number of ether oxygens (including phenoxy) is 2. The summed E-state index contributed by atoms with van der Waals surface area (Å²) in [6.07, 6.45) is 0. The summed E-state index contributed by atoms with van der Waals surface area (Å²) < 4.78 is 11.0. The third-order valence-electron chi connectivity index (χ3n) is 6.93. The van der Waals surface area contributed by atoms with Crippen LogP contribution >= 0.6 is 0 Å². The van der Waals surface area contributed by atoms with Gasteiger partial charge in [0.25, 0.3) is 11.7 Å². The molecule has 1 fully saturated rings. The zero-order valence-corrected chi connectivity index (χ0v) is 22.7. The van der Waals surface area contributed by atoms with Crippen molar-refractivity contribution in [1.29, 1.82) is 0 Å². The van der Waals surface area contributed by atoms with Gasteiger partial charge in [-0.1, -0.05) is 24.3 Å². The van der Waals surface area contributed by atoms with E-state index in [-0.39, 0.29) is 16.9 Å². The molecular weight excluding hydrogens is 480 g/mol. The predicted octanol–water partition coefficient (Wildman–Crippen LogP) is 5.79. The Bertz CT molecular complexity index is 1350. The monoisotopic (exact) mass is 514 g/mol. The highest BCUT2D eigenvalue weighted by atomic mass is 16.5. The average molecular weight is 515 g/mol. The molecule has 0 spiro atoms. The summed E-state index contributed by atoms with van der Waals surface area (Å²) in [5.41, 5.74) is 4.46. The minimum absolute atomic E-state index is 0.0208. The zero-order valence-electron chi connectivity index (χ0n) is 22.7. The summed E-state index contributed by atoms with van der Waals surface area (Å²) in [6, 6.07) is 17.8. The number of methoxy groups -OCH3 is 2. The Kier molecular flexibility index (Phi) is 7.76. The quantitative estimate of drug-likeness (QED) is 0.233. The fourth-order valence-corrected chi connectivity index (χ4v) is 5.18. The van der Waals surface area contributed by atoms with Gasteiger partial charge in [-0.2, -0.15) is 0 Å². The van der Waals surface area contributed by atoms with Crippen molar-refractivity contribution in [3.63, 3.8) is 0 Å². The number of aryl methyl sites for hydroxylation is 2. The number of ketones is 1. The lowest BCUT2D eigenvalue weighted by molar-refractivity contribution is -0.132. The molecule has 0 aromatic heterocycles. The predicted molar refractivity (Wildman–Crippen MR) is 150 cm³/mol. The van der Waals surface area contributed by atoms with Crippen LogP contribution in [-0.4, -0.2) is 44.1 Å². The summed E-state index contributed by atoms with van der Waals surface area (Å²) in [6.45, 7) is 9.77. The topological polar surface area (TPSA) is 79.3 Å². The van der Waals surface area contributed by atoms with E-state index in [1.807, 2.05) is 56.3 Å². The first-order valence-electron chi connectivity index (χ1n) is 12.7. The highest BCUT2D eigenvalue weighted by Crippen LogP contribution is 2.45. The lowest BCUT2D eigenvalue weighted by atomic mass is 9.94. The molecule has 1 aliphatic rings. The van der Waals surface area contributed by atoms with Crippen LogP contribution in [-0.2, 0) is 9.59 Å². The van der Waals surface area contributed by atoms with E-state index in [1.54, 1.807) is 18.2 Å². The molecule has 1 unspecified atom stereocenters. The molecule has 1 N–H and O–H groups in total. The van der Waals surface area contributed by atoms with E-state index in [0.29, 0.717) is 22.7 Å². The van der Waals surface area contributed by atoms with Crippen LogP contribution in [0.4, 0.5) is 11.4 Å². The molecule has 0 saturated carbocycles. The van der Waals surface area contributed by atoms with Crippen molar-refractivity contribution in [2.45, 2.75) is 33.7 Å². The van der Waals surface area contributed by atoms with Crippen LogP contribution in [0.3, 0.4) is 0 Å². The van der Waals surface area contributed by atoms with Gasteiger partial charge in [-0.25, -0.2) is 0 Å². The van der Waals surface area contributed by atoms with Crippen LogP contribution < -0.4 is 19.3 Å². The Balaban J connectivity index is 1.99. The maximum absolute atomic E-state index is 13.6. The van der Waals surface area contributed by atoms with E-state index in [4.69, 9.17) is 9.47 Å². The molecule has 0 bridgehead atoms. The molecule has 38 heavy (non-hydrogen) atoms. The number of benzene rings is 3. The first-order chi connectivity index (χ1) is 18.2. The van der Waals surface area contributed by atoms with E-state index in [9.17, 15) is 14.7 Å². The average Bonchev–Trinajstić information content (AvgIpc) is 3.18. The van der Waals surface area contributed by atoms with Gasteiger partial charge in [0.2, 0.25) is 0 Å². The van der Waals surface area contributed by atoms with Gasteiger partial charge in [0.15, 0.2) is 0 Å². The smallest absolute Gasteiger partial charge is 0.300 e. The van der Waals surface area contributed by atoms with Crippen molar-refractivity contribution in [2.75, 3.05) is 37.1 Å². The molecule has 1 atom stereocenters. The maximum atomic E-state index is 13.6. The second-order valence-electron chi connectivity index (χ2n) is 9.32. The van der Waals surface area contributed by atoms with Crippen molar-refractivity contribution >= 4 is 28.8 Å². The van der Waals surface area contributed by atoms with Crippen LogP contribution in [0.25, 0.3) is 5.76 Å². The molecule has 1 aliphatic heterocycles. The standard InChI is InChI=1S/C31H34N2O5/c1-7-32(8-2)22-14-12-21(13-15-22)28-27(29(34)26-24(37-5)10-9-11-25(26)38-6)30(35)31(36)33(28)23-17-19(3)16-20(4)18-23/h9-18,28,34H,7-8H2,1-6H3/b29-27+. The van der Waals surface area contributed by atoms with Crippen LogP contribution in [0.5, 0.6) is 11.5 Å². The molecule has 1 amide bonds. The number of hydrogen-bond acceptors (Lipinski definition) is 6. The zero-order chi connectivity index (χ0) is 27.6. The van der Waals surface area contributed by atoms with Crippen molar-refractivity contribution in [3.8, 4) is 11.5 Å². The molecule has 0 aliphatic carbocycles. The van der Waals surface area contributed by atoms with Gasteiger partial charge in [-0.15, -0.1) is 0 Å². The Morgan fingerprint density at radius 3 is 1.95 bits per heavy atom. The Hall–Kier alpha value is -4.26. The largest absolute Gasteiger partial charge is 0.506 e. The number of carbonyl (C=O) groups excluding carboxylic acids is 2. The van der Waals surface area contributed by atoms with Crippen LogP contribution in [0.1, 0.15) is 42.1 Å². The maximum Gasteiger partial charge on any atom is 0.300 e.